The normalized spacial score (nSPS) is 10.2. The predicted octanol–water partition coefficient (Wildman–Crippen LogP) is 3.19. The van der Waals surface area contributed by atoms with Gasteiger partial charge < -0.3 is 10.4 Å². The summed E-state index contributed by atoms with van der Waals surface area (Å²) in [6.45, 7) is 0.422. The van der Waals surface area contributed by atoms with Gasteiger partial charge in [0.2, 0.25) is 0 Å². The van der Waals surface area contributed by atoms with Crippen LogP contribution in [0.5, 0.6) is 5.75 Å². The Bertz CT molecular complexity index is 516. The third-order valence-corrected chi connectivity index (χ3v) is 2.41. The zero-order chi connectivity index (χ0) is 12.3. The van der Waals surface area contributed by atoms with Crippen LogP contribution in [0.3, 0.4) is 0 Å². The van der Waals surface area contributed by atoms with E-state index >= 15 is 0 Å². The van der Waals surface area contributed by atoms with Crippen LogP contribution in [0.4, 0.5) is 10.2 Å². The molecule has 17 heavy (non-hydrogen) atoms. The Balaban J connectivity index is 2.04. The second-order valence-electron chi connectivity index (χ2n) is 3.50. The van der Waals surface area contributed by atoms with Gasteiger partial charge in [0.15, 0.2) is 11.6 Å². The van der Waals surface area contributed by atoms with Crippen molar-refractivity contribution in [3.63, 3.8) is 0 Å². The number of benzene rings is 1. The lowest BCUT2D eigenvalue weighted by Gasteiger charge is -2.06. The number of hydrogen-bond acceptors (Lipinski definition) is 3. The Labute approximate surface area is 103 Å². The highest BCUT2D eigenvalue weighted by atomic mass is 35.5. The fourth-order valence-corrected chi connectivity index (χ4v) is 1.49. The smallest absolute Gasteiger partial charge is 0.166 e. The molecule has 2 rings (SSSR count). The van der Waals surface area contributed by atoms with E-state index in [1.807, 2.05) is 0 Å². The maximum atomic E-state index is 13.4. The van der Waals surface area contributed by atoms with Crippen LogP contribution < -0.4 is 5.32 Å². The molecule has 3 nitrogen and oxygen atoms in total. The van der Waals surface area contributed by atoms with E-state index in [1.54, 1.807) is 24.3 Å². The van der Waals surface area contributed by atoms with Gasteiger partial charge in [0.05, 0.1) is 5.02 Å². The monoisotopic (exact) mass is 252 g/mol. The van der Waals surface area contributed by atoms with Gasteiger partial charge in [-0.2, -0.15) is 0 Å². The van der Waals surface area contributed by atoms with Crippen LogP contribution >= 0.6 is 11.6 Å². The highest BCUT2D eigenvalue weighted by molar-refractivity contribution is 6.30. The Kier molecular flexibility index (Phi) is 3.44. The number of rotatable bonds is 3. The number of halogens is 2. The lowest BCUT2D eigenvalue weighted by molar-refractivity contribution is 0.475. The van der Waals surface area contributed by atoms with Crippen LogP contribution in [0.15, 0.2) is 36.5 Å². The van der Waals surface area contributed by atoms with Gasteiger partial charge >= 0.3 is 0 Å². The van der Waals surface area contributed by atoms with Gasteiger partial charge in [-0.05, 0) is 23.8 Å². The van der Waals surface area contributed by atoms with Gasteiger partial charge in [-0.1, -0.05) is 23.7 Å². The van der Waals surface area contributed by atoms with Crippen LogP contribution in [0, 0.1) is 5.82 Å². The summed E-state index contributed by atoms with van der Waals surface area (Å²) in [7, 11) is 0. The van der Waals surface area contributed by atoms with Gasteiger partial charge in [0.1, 0.15) is 5.75 Å². The number of aromatic hydroxyl groups is 1. The number of pyridine rings is 1. The minimum absolute atomic E-state index is 0.155. The standard InChI is InChI=1S/C12H10ClFN2O/c13-9-5-11(14)12(16-7-9)15-6-8-1-3-10(17)4-2-8/h1-5,7,17H,6H2,(H,15,16). The van der Waals surface area contributed by atoms with Crippen LogP contribution in [-0.2, 0) is 6.54 Å². The van der Waals surface area contributed by atoms with Crippen LogP contribution in [-0.4, -0.2) is 10.1 Å². The second kappa shape index (κ2) is 5.01. The van der Waals surface area contributed by atoms with Crippen molar-refractivity contribution in [1.29, 1.82) is 0 Å². The Hall–Kier alpha value is -1.81. The van der Waals surface area contributed by atoms with E-state index in [4.69, 9.17) is 16.7 Å². The van der Waals surface area contributed by atoms with E-state index in [2.05, 4.69) is 10.3 Å². The van der Waals surface area contributed by atoms with Crippen molar-refractivity contribution in [2.24, 2.45) is 0 Å². The molecule has 0 atom stereocenters. The summed E-state index contributed by atoms with van der Waals surface area (Å²) in [4.78, 5) is 3.84. The molecule has 2 aromatic rings. The van der Waals surface area contributed by atoms with Gasteiger partial charge in [-0.3, -0.25) is 0 Å². The third kappa shape index (κ3) is 3.07. The first-order chi connectivity index (χ1) is 8.15. The maximum Gasteiger partial charge on any atom is 0.166 e. The molecule has 0 saturated carbocycles. The lowest BCUT2D eigenvalue weighted by Crippen LogP contribution is -2.03. The van der Waals surface area contributed by atoms with Crippen molar-refractivity contribution in [1.82, 2.24) is 4.98 Å². The first-order valence-corrected chi connectivity index (χ1v) is 5.36. The number of phenols is 1. The SMILES string of the molecule is Oc1ccc(CNc2ncc(Cl)cc2F)cc1. The Morgan fingerprint density at radius 3 is 2.65 bits per heavy atom. The van der Waals surface area contributed by atoms with Crippen molar-refractivity contribution in [3.05, 3.63) is 52.9 Å². The molecular weight excluding hydrogens is 243 g/mol. The van der Waals surface area contributed by atoms with Crippen molar-refractivity contribution in [2.75, 3.05) is 5.32 Å². The van der Waals surface area contributed by atoms with E-state index in [1.165, 1.54) is 12.3 Å². The van der Waals surface area contributed by atoms with Gasteiger partial charge in [0.25, 0.3) is 0 Å². The summed E-state index contributed by atoms with van der Waals surface area (Å²) in [6, 6.07) is 7.84. The fourth-order valence-electron chi connectivity index (χ4n) is 1.34. The highest BCUT2D eigenvalue weighted by Gasteiger charge is 2.03. The molecule has 5 heteroatoms. The molecule has 0 aliphatic carbocycles. The van der Waals surface area contributed by atoms with Gasteiger partial charge in [-0.15, -0.1) is 0 Å². The molecule has 0 aliphatic heterocycles. The van der Waals surface area contributed by atoms with E-state index in [0.29, 0.717) is 6.54 Å². The van der Waals surface area contributed by atoms with Crippen molar-refractivity contribution in [2.45, 2.75) is 6.54 Å². The molecule has 1 aromatic heterocycles. The average Bonchev–Trinajstić information content (AvgIpc) is 2.30. The highest BCUT2D eigenvalue weighted by Crippen LogP contribution is 2.17. The average molecular weight is 253 g/mol. The van der Waals surface area contributed by atoms with E-state index in [9.17, 15) is 4.39 Å². The molecule has 1 heterocycles. The number of nitrogens with one attached hydrogen (secondary N) is 1. The summed E-state index contributed by atoms with van der Waals surface area (Å²) in [5.74, 6) is -0.136. The zero-order valence-corrected chi connectivity index (χ0v) is 9.58. The van der Waals surface area contributed by atoms with Gasteiger partial charge in [0, 0.05) is 12.7 Å². The molecule has 88 valence electrons. The third-order valence-electron chi connectivity index (χ3n) is 2.20. The van der Waals surface area contributed by atoms with Crippen LogP contribution in [0.2, 0.25) is 5.02 Å². The maximum absolute atomic E-state index is 13.4. The molecule has 0 radical (unpaired) electrons. The van der Waals surface area contributed by atoms with Crippen molar-refractivity contribution >= 4 is 17.4 Å². The number of aromatic nitrogens is 1. The molecule has 0 bridgehead atoms. The molecule has 2 N–H and O–H groups in total. The molecule has 0 saturated heterocycles. The minimum atomic E-state index is -0.490. The summed E-state index contributed by atoms with van der Waals surface area (Å²) in [5.41, 5.74) is 0.916. The number of nitrogens with zero attached hydrogens (tertiary/aromatic N) is 1. The van der Waals surface area contributed by atoms with E-state index < -0.39 is 5.82 Å². The van der Waals surface area contributed by atoms with Crippen LogP contribution in [0.25, 0.3) is 0 Å². The summed E-state index contributed by atoms with van der Waals surface area (Å²) >= 11 is 5.59. The first kappa shape index (κ1) is 11.7. The molecule has 0 amide bonds. The summed E-state index contributed by atoms with van der Waals surface area (Å²) in [5, 5.41) is 12.2. The van der Waals surface area contributed by atoms with Gasteiger partial charge in [-0.25, -0.2) is 9.37 Å². The van der Waals surface area contributed by atoms with E-state index in [0.717, 1.165) is 5.56 Å². The second-order valence-corrected chi connectivity index (χ2v) is 3.94. The van der Waals surface area contributed by atoms with Crippen molar-refractivity contribution < 1.29 is 9.50 Å². The zero-order valence-electron chi connectivity index (χ0n) is 8.82. The molecule has 0 spiro atoms. The fraction of sp³-hybridized carbons (Fsp3) is 0.0833. The Morgan fingerprint density at radius 1 is 1.29 bits per heavy atom. The van der Waals surface area contributed by atoms with E-state index in [-0.39, 0.29) is 16.6 Å². The quantitative estimate of drug-likeness (QED) is 0.882. The molecule has 0 fully saturated rings. The minimum Gasteiger partial charge on any atom is -0.508 e. The summed E-state index contributed by atoms with van der Waals surface area (Å²) < 4.78 is 13.4. The lowest BCUT2D eigenvalue weighted by atomic mass is 10.2. The number of phenolic OH excluding ortho intramolecular Hbond substituents is 1. The largest absolute Gasteiger partial charge is 0.508 e. The molecule has 1 aromatic carbocycles. The molecule has 0 unspecified atom stereocenters. The Morgan fingerprint density at radius 2 is 2.00 bits per heavy atom. The first-order valence-electron chi connectivity index (χ1n) is 4.98. The predicted molar refractivity (Wildman–Crippen MR) is 64.6 cm³/mol. The van der Waals surface area contributed by atoms with Crippen molar-refractivity contribution in [3.8, 4) is 5.75 Å². The number of hydrogen-bond donors (Lipinski definition) is 2. The topological polar surface area (TPSA) is 45.1 Å². The molecule has 0 aliphatic rings. The number of anilines is 1. The van der Waals surface area contributed by atoms with Crippen LogP contribution in [0.1, 0.15) is 5.56 Å². The summed E-state index contributed by atoms with van der Waals surface area (Å²) in [6.07, 6.45) is 1.38. The molecular formula is C12H10ClFN2O.